The van der Waals surface area contributed by atoms with Gasteiger partial charge in [-0.15, -0.1) is 0 Å². The third kappa shape index (κ3) is 3.93. The summed E-state index contributed by atoms with van der Waals surface area (Å²) in [5.41, 5.74) is 6.06. The van der Waals surface area contributed by atoms with Gasteiger partial charge in [0.1, 0.15) is 0 Å². The molecule has 1 aliphatic carbocycles. The van der Waals surface area contributed by atoms with Crippen molar-refractivity contribution in [2.24, 2.45) is 11.7 Å². The van der Waals surface area contributed by atoms with Crippen LogP contribution in [0.2, 0.25) is 0 Å². The molecule has 0 saturated heterocycles. The number of hydrogen-bond acceptors (Lipinski definition) is 3. The highest BCUT2D eigenvalue weighted by Gasteiger charge is 2.35. The zero-order valence-corrected chi connectivity index (χ0v) is 13.2. The zero-order chi connectivity index (χ0) is 14.6. The first-order valence-corrected chi connectivity index (χ1v) is 7.62. The third-order valence-electron chi connectivity index (χ3n) is 4.38. The van der Waals surface area contributed by atoms with Crippen molar-refractivity contribution in [1.29, 1.82) is 0 Å². The van der Waals surface area contributed by atoms with Crippen molar-refractivity contribution in [1.82, 2.24) is 9.80 Å². The van der Waals surface area contributed by atoms with E-state index in [4.69, 9.17) is 5.73 Å². The van der Waals surface area contributed by atoms with Gasteiger partial charge in [-0.05, 0) is 39.8 Å². The molecule has 0 unspecified atom stereocenters. The number of carbonyl (C=O) groups is 1. The molecule has 1 aliphatic rings. The first kappa shape index (κ1) is 16.4. The van der Waals surface area contributed by atoms with Gasteiger partial charge >= 0.3 is 0 Å². The maximum Gasteiger partial charge on any atom is 0.240 e. The molecule has 1 rings (SSSR count). The minimum Gasteiger partial charge on any atom is -0.337 e. The molecule has 0 aromatic rings. The molecule has 19 heavy (non-hydrogen) atoms. The zero-order valence-electron chi connectivity index (χ0n) is 13.2. The highest BCUT2D eigenvalue weighted by molar-refractivity contribution is 5.82. The average molecular weight is 269 g/mol. The van der Waals surface area contributed by atoms with Crippen LogP contribution in [0.15, 0.2) is 0 Å². The van der Waals surface area contributed by atoms with E-state index in [0.717, 1.165) is 13.0 Å². The number of hydrogen-bond donors (Lipinski definition) is 1. The van der Waals surface area contributed by atoms with E-state index in [9.17, 15) is 4.79 Å². The van der Waals surface area contributed by atoms with Crippen LogP contribution in [0.1, 0.15) is 46.5 Å². The number of amides is 1. The highest BCUT2D eigenvalue weighted by Crippen LogP contribution is 2.26. The minimum absolute atomic E-state index is 0.122. The Bertz CT molecular complexity index is 291. The molecule has 0 heterocycles. The second-order valence-corrected chi connectivity index (χ2v) is 6.28. The summed E-state index contributed by atoms with van der Waals surface area (Å²) >= 11 is 0. The maximum absolute atomic E-state index is 12.6. The van der Waals surface area contributed by atoms with E-state index >= 15 is 0 Å². The number of likely N-dealkylation sites (N-methyl/N-ethyl adjacent to an activating group) is 2. The molecule has 4 heteroatoms. The Morgan fingerprint density at radius 3 is 2.16 bits per heavy atom. The van der Waals surface area contributed by atoms with Crippen LogP contribution in [-0.2, 0) is 4.79 Å². The van der Waals surface area contributed by atoms with Gasteiger partial charge in [0, 0.05) is 18.6 Å². The Morgan fingerprint density at radius 2 is 1.74 bits per heavy atom. The SMILES string of the molecule is CCN(C(=O)[C@@H](N)C(C)C)[C@@H]1CCCC[C@H]1N(C)C. The standard InChI is InChI=1S/C15H31N3O/c1-6-18(15(19)14(16)11(2)3)13-10-8-7-9-12(13)17(4)5/h11-14H,6-10,16H2,1-5H3/t12-,13-,14+/m1/s1. The summed E-state index contributed by atoms with van der Waals surface area (Å²) < 4.78 is 0. The number of carbonyl (C=O) groups excluding carboxylic acids is 1. The summed E-state index contributed by atoms with van der Waals surface area (Å²) in [6, 6.07) is 0.424. The summed E-state index contributed by atoms with van der Waals surface area (Å²) in [5, 5.41) is 0. The second-order valence-electron chi connectivity index (χ2n) is 6.28. The Hall–Kier alpha value is -0.610. The summed E-state index contributed by atoms with van der Waals surface area (Å²) in [6.45, 7) is 6.85. The molecule has 0 radical (unpaired) electrons. The molecule has 112 valence electrons. The van der Waals surface area contributed by atoms with Crippen molar-refractivity contribution in [3.05, 3.63) is 0 Å². The van der Waals surface area contributed by atoms with E-state index in [1.54, 1.807) is 0 Å². The van der Waals surface area contributed by atoms with Gasteiger partial charge in [0.15, 0.2) is 0 Å². The Kier molecular flexibility index (Phi) is 6.27. The van der Waals surface area contributed by atoms with Gasteiger partial charge < -0.3 is 15.5 Å². The van der Waals surface area contributed by atoms with Gasteiger partial charge in [0.25, 0.3) is 0 Å². The van der Waals surface area contributed by atoms with Gasteiger partial charge in [-0.25, -0.2) is 0 Å². The van der Waals surface area contributed by atoms with E-state index in [1.165, 1.54) is 19.3 Å². The summed E-state index contributed by atoms with van der Waals surface area (Å²) in [6.07, 6.45) is 4.77. The molecule has 0 aliphatic heterocycles. The average Bonchev–Trinajstić information content (AvgIpc) is 2.38. The van der Waals surface area contributed by atoms with E-state index in [1.807, 2.05) is 18.7 Å². The molecule has 1 amide bonds. The Balaban J connectivity index is 2.84. The summed E-state index contributed by atoms with van der Waals surface area (Å²) in [7, 11) is 4.23. The van der Waals surface area contributed by atoms with Crippen molar-refractivity contribution in [2.75, 3.05) is 20.6 Å². The Morgan fingerprint density at radius 1 is 1.21 bits per heavy atom. The van der Waals surface area contributed by atoms with Crippen LogP contribution in [0.4, 0.5) is 0 Å². The lowest BCUT2D eigenvalue weighted by molar-refractivity contribution is -0.137. The van der Waals surface area contributed by atoms with Crippen molar-refractivity contribution < 1.29 is 4.79 Å². The predicted octanol–water partition coefficient (Wildman–Crippen LogP) is 1.69. The molecular weight excluding hydrogens is 238 g/mol. The molecule has 0 spiro atoms. The maximum atomic E-state index is 12.6. The van der Waals surface area contributed by atoms with E-state index < -0.39 is 0 Å². The predicted molar refractivity (Wildman–Crippen MR) is 79.9 cm³/mol. The van der Waals surface area contributed by atoms with Crippen LogP contribution in [0.3, 0.4) is 0 Å². The van der Waals surface area contributed by atoms with Gasteiger partial charge in [0.05, 0.1) is 6.04 Å². The van der Waals surface area contributed by atoms with Crippen LogP contribution in [0.25, 0.3) is 0 Å². The fraction of sp³-hybridized carbons (Fsp3) is 0.933. The van der Waals surface area contributed by atoms with Crippen molar-refractivity contribution in [2.45, 2.75) is 64.6 Å². The fourth-order valence-electron chi connectivity index (χ4n) is 3.09. The lowest BCUT2D eigenvalue weighted by Gasteiger charge is -2.43. The van der Waals surface area contributed by atoms with Crippen molar-refractivity contribution >= 4 is 5.91 Å². The van der Waals surface area contributed by atoms with E-state index in [2.05, 4.69) is 25.9 Å². The van der Waals surface area contributed by atoms with Gasteiger partial charge in [-0.2, -0.15) is 0 Å². The summed E-state index contributed by atoms with van der Waals surface area (Å²) in [5.74, 6) is 0.319. The molecular formula is C15H31N3O. The molecule has 0 aromatic heterocycles. The van der Waals surface area contributed by atoms with Crippen LogP contribution in [0.5, 0.6) is 0 Å². The first-order valence-electron chi connectivity index (χ1n) is 7.62. The molecule has 1 fully saturated rings. The largest absolute Gasteiger partial charge is 0.337 e. The number of nitrogens with two attached hydrogens (primary N) is 1. The molecule has 3 atom stereocenters. The quantitative estimate of drug-likeness (QED) is 0.826. The molecule has 2 N–H and O–H groups in total. The van der Waals surface area contributed by atoms with Gasteiger partial charge in [0.2, 0.25) is 5.91 Å². The lowest BCUT2D eigenvalue weighted by Crippen LogP contribution is -2.57. The van der Waals surface area contributed by atoms with Crippen LogP contribution in [0, 0.1) is 5.92 Å². The topological polar surface area (TPSA) is 49.6 Å². The molecule has 1 saturated carbocycles. The Labute approximate surface area is 118 Å². The molecule has 0 aromatic carbocycles. The fourth-order valence-corrected chi connectivity index (χ4v) is 3.09. The minimum atomic E-state index is -0.371. The van der Waals surface area contributed by atoms with Crippen LogP contribution < -0.4 is 5.73 Å². The van der Waals surface area contributed by atoms with Crippen molar-refractivity contribution in [3.8, 4) is 0 Å². The first-order chi connectivity index (χ1) is 8.90. The van der Waals surface area contributed by atoms with E-state index in [-0.39, 0.29) is 17.9 Å². The highest BCUT2D eigenvalue weighted by atomic mass is 16.2. The summed E-state index contributed by atoms with van der Waals surface area (Å²) in [4.78, 5) is 16.9. The van der Waals surface area contributed by atoms with Gasteiger partial charge in [-0.3, -0.25) is 4.79 Å². The normalized spacial score (nSPS) is 25.7. The smallest absolute Gasteiger partial charge is 0.240 e. The number of rotatable bonds is 5. The third-order valence-corrected chi connectivity index (χ3v) is 4.38. The lowest BCUT2D eigenvalue weighted by atomic mass is 9.87. The van der Waals surface area contributed by atoms with Crippen LogP contribution >= 0.6 is 0 Å². The molecule has 0 bridgehead atoms. The second kappa shape index (κ2) is 7.25. The van der Waals surface area contributed by atoms with Crippen LogP contribution in [-0.4, -0.2) is 54.5 Å². The van der Waals surface area contributed by atoms with E-state index in [0.29, 0.717) is 12.1 Å². The monoisotopic (exact) mass is 269 g/mol. The number of nitrogens with zero attached hydrogens (tertiary/aromatic N) is 2. The molecule has 4 nitrogen and oxygen atoms in total. The van der Waals surface area contributed by atoms with Gasteiger partial charge in [-0.1, -0.05) is 26.7 Å². The van der Waals surface area contributed by atoms with Crippen molar-refractivity contribution in [3.63, 3.8) is 0 Å².